The van der Waals surface area contributed by atoms with Gasteiger partial charge in [0.15, 0.2) is 0 Å². The minimum Gasteiger partial charge on any atom is -0.480 e. The molecule has 0 saturated carbocycles. The molecule has 11 heavy (non-hydrogen) atoms. The Balaban J connectivity index is 2.16. The molecule has 64 valence electrons. The number of hydrogen-bond acceptors (Lipinski definition) is 3. The summed E-state index contributed by atoms with van der Waals surface area (Å²) in [7, 11) is 2.02. The van der Waals surface area contributed by atoms with Gasteiger partial charge in [0.2, 0.25) is 0 Å². The van der Waals surface area contributed by atoms with Gasteiger partial charge >= 0.3 is 5.97 Å². The lowest BCUT2D eigenvalue weighted by molar-refractivity contribution is -0.139. The van der Waals surface area contributed by atoms with Gasteiger partial charge in [-0.3, -0.25) is 10.1 Å². The van der Waals surface area contributed by atoms with E-state index in [0.717, 1.165) is 13.1 Å². The molecule has 1 aliphatic rings. The van der Waals surface area contributed by atoms with Gasteiger partial charge in [-0.2, -0.15) is 0 Å². The van der Waals surface area contributed by atoms with E-state index in [1.54, 1.807) is 6.92 Å². The van der Waals surface area contributed by atoms with E-state index in [2.05, 4.69) is 10.2 Å². The molecule has 0 aromatic carbocycles. The van der Waals surface area contributed by atoms with E-state index >= 15 is 0 Å². The quantitative estimate of drug-likeness (QED) is 0.574. The monoisotopic (exact) mass is 158 g/mol. The highest BCUT2D eigenvalue weighted by Crippen LogP contribution is 2.04. The molecule has 1 fully saturated rings. The van der Waals surface area contributed by atoms with Gasteiger partial charge in [0.25, 0.3) is 0 Å². The SMILES string of the molecule is CC(NC1CN(C)C1)C(=O)O. The van der Waals surface area contributed by atoms with Crippen LogP contribution in [0.4, 0.5) is 0 Å². The maximum atomic E-state index is 10.4. The van der Waals surface area contributed by atoms with Crippen molar-refractivity contribution in [2.45, 2.75) is 19.0 Å². The molecule has 1 rings (SSSR count). The Morgan fingerprint density at radius 2 is 2.27 bits per heavy atom. The third-order valence-electron chi connectivity index (χ3n) is 1.92. The molecule has 2 N–H and O–H groups in total. The van der Waals surface area contributed by atoms with Crippen LogP contribution < -0.4 is 5.32 Å². The molecule has 0 amide bonds. The smallest absolute Gasteiger partial charge is 0.320 e. The van der Waals surface area contributed by atoms with E-state index in [1.807, 2.05) is 7.05 Å². The van der Waals surface area contributed by atoms with Crippen LogP contribution in [0.15, 0.2) is 0 Å². The van der Waals surface area contributed by atoms with Crippen molar-refractivity contribution in [2.75, 3.05) is 20.1 Å². The van der Waals surface area contributed by atoms with Crippen LogP contribution in [-0.4, -0.2) is 48.2 Å². The summed E-state index contributed by atoms with van der Waals surface area (Å²) in [6.07, 6.45) is 0. The van der Waals surface area contributed by atoms with Crippen molar-refractivity contribution in [1.29, 1.82) is 0 Å². The van der Waals surface area contributed by atoms with E-state index < -0.39 is 12.0 Å². The second-order valence-electron chi connectivity index (χ2n) is 3.14. The standard InChI is InChI=1S/C7H14N2O2/c1-5(7(10)11)8-6-3-9(2)4-6/h5-6,8H,3-4H2,1-2H3,(H,10,11). The maximum absolute atomic E-state index is 10.4. The summed E-state index contributed by atoms with van der Waals surface area (Å²) in [5, 5.41) is 11.5. The molecule has 1 saturated heterocycles. The normalized spacial score (nSPS) is 22.7. The van der Waals surface area contributed by atoms with Crippen LogP contribution in [0.2, 0.25) is 0 Å². The molecule has 0 aromatic rings. The lowest BCUT2D eigenvalue weighted by atomic mass is 10.1. The third-order valence-corrected chi connectivity index (χ3v) is 1.92. The summed E-state index contributed by atoms with van der Waals surface area (Å²) in [6.45, 7) is 3.58. The van der Waals surface area contributed by atoms with E-state index in [4.69, 9.17) is 5.11 Å². The lowest BCUT2D eigenvalue weighted by Crippen LogP contribution is -2.59. The van der Waals surface area contributed by atoms with Crippen molar-refractivity contribution in [3.8, 4) is 0 Å². The Morgan fingerprint density at radius 3 is 2.64 bits per heavy atom. The van der Waals surface area contributed by atoms with Crippen LogP contribution in [0.3, 0.4) is 0 Å². The summed E-state index contributed by atoms with van der Waals surface area (Å²) < 4.78 is 0. The van der Waals surface area contributed by atoms with Gasteiger partial charge in [0, 0.05) is 19.1 Å². The largest absolute Gasteiger partial charge is 0.480 e. The first-order valence-corrected chi connectivity index (χ1v) is 3.77. The zero-order valence-corrected chi connectivity index (χ0v) is 6.87. The van der Waals surface area contributed by atoms with Crippen molar-refractivity contribution >= 4 is 5.97 Å². The Kier molecular flexibility index (Phi) is 2.46. The van der Waals surface area contributed by atoms with Gasteiger partial charge in [-0.05, 0) is 14.0 Å². The molecule has 1 atom stereocenters. The Bertz CT molecular complexity index is 155. The van der Waals surface area contributed by atoms with Crippen LogP contribution in [0, 0.1) is 0 Å². The molecule has 0 radical (unpaired) electrons. The van der Waals surface area contributed by atoms with Crippen LogP contribution in [0.5, 0.6) is 0 Å². The fourth-order valence-corrected chi connectivity index (χ4v) is 1.23. The highest BCUT2D eigenvalue weighted by Gasteiger charge is 2.25. The van der Waals surface area contributed by atoms with Crippen LogP contribution >= 0.6 is 0 Å². The zero-order chi connectivity index (χ0) is 8.43. The number of carbonyl (C=O) groups is 1. The molecule has 0 bridgehead atoms. The molecule has 4 heteroatoms. The fourth-order valence-electron chi connectivity index (χ4n) is 1.23. The lowest BCUT2D eigenvalue weighted by Gasteiger charge is -2.37. The highest BCUT2D eigenvalue weighted by atomic mass is 16.4. The summed E-state index contributed by atoms with van der Waals surface area (Å²) in [5.41, 5.74) is 0. The van der Waals surface area contributed by atoms with E-state index in [9.17, 15) is 4.79 Å². The Labute approximate surface area is 66.2 Å². The molecule has 0 aliphatic carbocycles. The summed E-state index contributed by atoms with van der Waals surface area (Å²) in [5.74, 6) is -0.778. The summed E-state index contributed by atoms with van der Waals surface area (Å²) in [4.78, 5) is 12.5. The van der Waals surface area contributed by atoms with Crippen LogP contribution in [0.1, 0.15) is 6.92 Å². The third kappa shape index (κ3) is 2.17. The van der Waals surface area contributed by atoms with Gasteiger partial charge < -0.3 is 10.0 Å². The van der Waals surface area contributed by atoms with Gasteiger partial charge in [-0.25, -0.2) is 0 Å². The maximum Gasteiger partial charge on any atom is 0.320 e. The fraction of sp³-hybridized carbons (Fsp3) is 0.857. The first-order valence-electron chi connectivity index (χ1n) is 3.77. The van der Waals surface area contributed by atoms with E-state index in [-0.39, 0.29) is 0 Å². The number of nitrogens with one attached hydrogen (secondary N) is 1. The number of rotatable bonds is 3. The summed E-state index contributed by atoms with van der Waals surface area (Å²) in [6, 6.07) is -0.0557. The number of likely N-dealkylation sites (N-methyl/N-ethyl adjacent to an activating group) is 1. The number of nitrogens with zero attached hydrogens (tertiary/aromatic N) is 1. The van der Waals surface area contributed by atoms with Crippen LogP contribution in [0.25, 0.3) is 0 Å². The highest BCUT2D eigenvalue weighted by molar-refractivity contribution is 5.72. The van der Waals surface area contributed by atoms with Crippen molar-refractivity contribution < 1.29 is 9.90 Å². The van der Waals surface area contributed by atoms with E-state index in [1.165, 1.54) is 0 Å². The van der Waals surface area contributed by atoms with Gasteiger partial charge in [-0.1, -0.05) is 0 Å². The number of carboxylic acid groups (broad SMARTS) is 1. The second kappa shape index (κ2) is 3.19. The van der Waals surface area contributed by atoms with Crippen LogP contribution in [-0.2, 0) is 4.79 Å². The molecular weight excluding hydrogens is 144 g/mol. The average molecular weight is 158 g/mol. The first kappa shape index (κ1) is 8.49. The zero-order valence-electron chi connectivity index (χ0n) is 6.87. The van der Waals surface area contributed by atoms with Crippen molar-refractivity contribution in [3.63, 3.8) is 0 Å². The minimum absolute atomic E-state index is 0.367. The molecular formula is C7H14N2O2. The number of hydrogen-bond donors (Lipinski definition) is 2. The molecule has 1 heterocycles. The molecule has 0 aromatic heterocycles. The van der Waals surface area contributed by atoms with Gasteiger partial charge in [-0.15, -0.1) is 0 Å². The van der Waals surface area contributed by atoms with Crippen molar-refractivity contribution in [1.82, 2.24) is 10.2 Å². The van der Waals surface area contributed by atoms with Crippen molar-refractivity contribution in [2.24, 2.45) is 0 Å². The number of likely N-dealkylation sites (tertiary alicyclic amines) is 1. The number of carboxylic acids is 1. The molecule has 1 aliphatic heterocycles. The average Bonchev–Trinajstić information content (AvgIpc) is 1.84. The molecule has 4 nitrogen and oxygen atoms in total. The second-order valence-corrected chi connectivity index (χ2v) is 3.14. The Morgan fingerprint density at radius 1 is 1.73 bits per heavy atom. The topological polar surface area (TPSA) is 52.6 Å². The first-order chi connectivity index (χ1) is 5.09. The van der Waals surface area contributed by atoms with Gasteiger partial charge in [0.1, 0.15) is 6.04 Å². The molecule has 0 spiro atoms. The minimum atomic E-state index is -0.778. The predicted molar refractivity (Wildman–Crippen MR) is 41.5 cm³/mol. The Hall–Kier alpha value is -0.610. The predicted octanol–water partition coefficient (Wildman–Crippen LogP) is -0.637. The van der Waals surface area contributed by atoms with E-state index in [0.29, 0.717) is 6.04 Å². The van der Waals surface area contributed by atoms with Gasteiger partial charge in [0.05, 0.1) is 0 Å². The molecule has 1 unspecified atom stereocenters. The number of aliphatic carboxylic acids is 1. The summed E-state index contributed by atoms with van der Waals surface area (Å²) >= 11 is 0. The van der Waals surface area contributed by atoms with Crippen molar-refractivity contribution in [3.05, 3.63) is 0 Å².